The minimum Gasteiger partial charge on any atom is -0.454 e. The number of halogens is 3. The lowest BCUT2D eigenvalue weighted by Crippen LogP contribution is -2.45. The molecule has 1 N–H and O–H groups in total. The van der Waals surface area contributed by atoms with Crippen LogP contribution in [0.4, 0.5) is 13.2 Å². The molecule has 0 aliphatic carbocycles. The van der Waals surface area contributed by atoms with Crippen molar-refractivity contribution in [3.63, 3.8) is 0 Å². The zero-order chi connectivity index (χ0) is 13.2. The fourth-order valence-electron chi connectivity index (χ4n) is 1.87. The second kappa shape index (κ2) is 5.06. The van der Waals surface area contributed by atoms with Crippen LogP contribution in [0.2, 0.25) is 0 Å². The van der Waals surface area contributed by atoms with Gasteiger partial charge in [0.1, 0.15) is 0 Å². The predicted molar refractivity (Wildman–Crippen MR) is 59.8 cm³/mol. The van der Waals surface area contributed by atoms with Gasteiger partial charge in [-0.3, -0.25) is 5.32 Å². The second-order valence-electron chi connectivity index (χ2n) is 4.28. The van der Waals surface area contributed by atoms with Crippen LogP contribution in [-0.2, 0) is 6.42 Å². The number of ether oxygens (including phenoxy) is 2. The Kier molecular flexibility index (Phi) is 3.65. The number of hydrogen-bond acceptors (Lipinski definition) is 3. The van der Waals surface area contributed by atoms with Crippen LogP contribution in [0, 0.1) is 0 Å². The van der Waals surface area contributed by atoms with Crippen LogP contribution >= 0.6 is 0 Å². The molecule has 3 nitrogen and oxygen atoms in total. The fraction of sp³-hybridized carbons (Fsp3) is 0.500. The number of fused-ring (bicyclic) bond motifs is 1. The predicted octanol–water partition coefficient (Wildman–Crippen LogP) is 2.50. The Morgan fingerprint density at radius 1 is 1.33 bits per heavy atom. The smallest absolute Gasteiger partial charge is 0.330 e. The van der Waals surface area contributed by atoms with Crippen LogP contribution < -0.4 is 14.8 Å². The standard InChI is InChI=1S/C12H14F3NO2/c1-8(16-12(14,15)6-13)4-9-2-3-10-11(5-9)18-7-17-10/h2-3,5,8,16H,4,6-7H2,1H3. The van der Waals surface area contributed by atoms with Gasteiger partial charge in [-0.05, 0) is 31.0 Å². The quantitative estimate of drug-likeness (QED) is 0.826. The molecule has 0 amide bonds. The third kappa shape index (κ3) is 3.07. The Morgan fingerprint density at radius 3 is 2.78 bits per heavy atom. The normalized spacial score (nSPS) is 15.8. The van der Waals surface area contributed by atoms with Crippen molar-refractivity contribution in [2.75, 3.05) is 13.5 Å². The molecule has 1 aromatic carbocycles. The summed E-state index contributed by atoms with van der Waals surface area (Å²) in [5.74, 6) is 1.26. The van der Waals surface area contributed by atoms with Gasteiger partial charge in [-0.2, -0.15) is 8.78 Å². The highest BCUT2D eigenvalue weighted by Gasteiger charge is 2.30. The molecule has 0 aromatic heterocycles. The van der Waals surface area contributed by atoms with Gasteiger partial charge in [0.2, 0.25) is 6.79 Å². The summed E-state index contributed by atoms with van der Waals surface area (Å²) in [7, 11) is 0. The summed E-state index contributed by atoms with van der Waals surface area (Å²) < 4.78 is 47.9. The Balaban J connectivity index is 1.97. The largest absolute Gasteiger partial charge is 0.454 e. The van der Waals surface area contributed by atoms with Crippen LogP contribution in [0.25, 0.3) is 0 Å². The third-order valence-corrected chi connectivity index (χ3v) is 2.60. The maximum absolute atomic E-state index is 12.8. The molecule has 0 saturated carbocycles. The first-order valence-electron chi connectivity index (χ1n) is 5.60. The summed E-state index contributed by atoms with van der Waals surface area (Å²) in [6.45, 7) is 0.0408. The van der Waals surface area contributed by atoms with Gasteiger partial charge in [0.25, 0.3) is 0 Å². The molecule has 0 spiro atoms. The molecule has 18 heavy (non-hydrogen) atoms. The lowest BCUT2D eigenvalue weighted by molar-refractivity contribution is -0.0626. The lowest BCUT2D eigenvalue weighted by atomic mass is 10.1. The van der Waals surface area contributed by atoms with E-state index in [-0.39, 0.29) is 6.79 Å². The summed E-state index contributed by atoms with van der Waals surface area (Å²) in [6, 6.07) is 1.23. The minimum atomic E-state index is -3.48. The molecule has 100 valence electrons. The summed E-state index contributed by atoms with van der Waals surface area (Å²) in [5.41, 5.74) is 0.828. The first kappa shape index (κ1) is 13.0. The van der Waals surface area contributed by atoms with E-state index in [4.69, 9.17) is 9.47 Å². The van der Waals surface area contributed by atoms with E-state index in [0.29, 0.717) is 17.9 Å². The number of rotatable bonds is 5. The molecule has 0 radical (unpaired) electrons. The average molecular weight is 261 g/mol. The molecule has 1 heterocycles. The molecular weight excluding hydrogens is 247 g/mol. The van der Waals surface area contributed by atoms with E-state index in [0.717, 1.165) is 5.56 Å². The maximum atomic E-state index is 12.8. The topological polar surface area (TPSA) is 30.5 Å². The summed E-state index contributed by atoms with van der Waals surface area (Å²) >= 11 is 0. The molecule has 0 bridgehead atoms. The van der Waals surface area contributed by atoms with Crippen molar-refractivity contribution in [1.82, 2.24) is 5.32 Å². The van der Waals surface area contributed by atoms with Crippen molar-refractivity contribution in [2.24, 2.45) is 0 Å². The van der Waals surface area contributed by atoms with E-state index in [1.165, 1.54) is 0 Å². The first-order chi connectivity index (χ1) is 8.50. The SMILES string of the molecule is CC(Cc1ccc2c(c1)OCO2)NC(F)(F)CF. The lowest BCUT2D eigenvalue weighted by Gasteiger charge is -2.20. The molecule has 1 aliphatic rings. The van der Waals surface area contributed by atoms with Gasteiger partial charge in [0.15, 0.2) is 18.2 Å². The second-order valence-corrected chi connectivity index (χ2v) is 4.28. The highest BCUT2D eigenvalue weighted by atomic mass is 19.3. The fourth-order valence-corrected chi connectivity index (χ4v) is 1.87. The number of alkyl halides is 3. The molecule has 1 aliphatic heterocycles. The molecule has 1 unspecified atom stereocenters. The Bertz CT molecular complexity index is 426. The van der Waals surface area contributed by atoms with Gasteiger partial charge in [-0.25, -0.2) is 4.39 Å². The number of nitrogens with one attached hydrogen (secondary N) is 1. The molecule has 1 aromatic rings. The molecule has 2 rings (SSSR count). The minimum absolute atomic E-state index is 0.173. The van der Waals surface area contributed by atoms with Crippen LogP contribution in [0.3, 0.4) is 0 Å². The first-order valence-corrected chi connectivity index (χ1v) is 5.60. The van der Waals surface area contributed by atoms with E-state index < -0.39 is 18.8 Å². The average Bonchev–Trinajstić information content (AvgIpc) is 2.75. The Hall–Kier alpha value is -1.43. The van der Waals surface area contributed by atoms with E-state index in [1.807, 2.05) is 5.32 Å². The van der Waals surface area contributed by atoms with Gasteiger partial charge in [0, 0.05) is 6.04 Å². The highest BCUT2D eigenvalue weighted by Crippen LogP contribution is 2.32. The summed E-state index contributed by atoms with van der Waals surface area (Å²) in [6.07, 6.45) is 0.353. The van der Waals surface area contributed by atoms with Gasteiger partial charge in [-0.15, -0.1) is 0 Å². The Morgan fingerprint density at radius 2 is 2.06 bits per heavy atom. The highest BCUT2D eigenvalue weighted by molar-refractivity contribution is 5.44. The molecule has 6 heteroatoms. The van der Waals surface area contributed by atoms with Crippen LogP contribution in [0.5, 0.6) is 11.5 Å². The van der Waals surface area contributed by atoms with Crippen molar-refractivity contribution in [2.45, 2.75) is 25.4 Å². The van der Waals surface area contributed by atoms with Gasteiger partial charge in [0.05, 0.1) is 0 Å². The monoisotopic (exact) mass is 261 g/mol. The van der Waals surface area contributed by atoms with E-state index >= 15 is 0 Å². The maximum Gasteiger partial charge on any atom is 0.330 e. The van der Waals surface area contributed by atoms with E-state index in [9.17, 15) is 13.2 Å². The summed E-state index contributed by atoms with van der Waals surface area (Å²) in [4.78, 5) is 0. The zero-order valence-electron chi connectivity index (χ0n) is 9.88. The third-order valence-electron chi connectivity index (χ3n) is 2.60. The van der Waals surface area contributed by atoms with Gasteiger partial charge in [-0.1, -0.05) is 6.07 Å². The number of hydrogen-bond donors (Lipinski definition) is 1. The van der Waals surface area contributed by atoms with E-state index in [1.54, 1.807) is 25.1 Å². The molecule has 0 fully saturated rings. The molecular formula is C12H14F3NO2. The van der Waals surface area contributed by atoms with Crippen LogP contribution in [0.1, 0.15) is 12.5 Å². The van der Waals surface area contributed by atoms with Crippen molar-refractivity contribution in [1.29, 1.82) is 0 Å². The number of benzene rings is 1. The van der Waals surface area contributed by atoms with Crippen LogP contribution in [0.15, 0.2) is 18.2 Å². The molecule has 1 atom stereocenters. The van der Waals surface area contributed by atoms with Gasteiger partial charge < -0.3 is 9.47 Å². The zero-order valence-corrected chi connectivity index (χ0v) is 9.88. The molecule has 0 saturated heterocycles. The summed E-state index contributed by atoms with van der Waals surface area (Å²) in [5, 5.41) is 1.94. The van der Waals surface area contributed by atoms with Crippen molar-refractivity contribution in [3.05, 3.63) is 23.8 Å². The van der Waals surface area contributed by atoms with Crippen molar-refractivity contribution < 1.29 is 22.6 Å². The van der Waals surface area contributed by atoms with Crippen molar-refractivity contribution >= 4 is 0 Å². The Labute approximate surface area is 103 Å². The van der Waals surface area contributed by atoms with Crippen molar-refractivity contribution in [3.8, 4) is 11.5 Å². The van der Waals surface area contributed by atoms with Gasteiger partial charge >= 0.3 is 6.05 Å². The van der Waals surface area contributed by atoms with E-state index in [2.05, 4.69) is 0 Å². The van der Waals surface area contributed by atoms with Crippen LogP contribution in [-0.4, -0.2) is 25.6 Å².